The first kappa shape index (κ1) is 14.8. The molecule has 2 rings (SSSR count). The molecule has 0 saturated heterocycles. The predicted octanol–water partition coefficient (Wildman–Crippen LogP) is 2.81. The number of hydrogen-bond donors (Lipinski definition) is 0. The zero-order valence-electron chi connectivity index (χ0n) is 11.9. The third kappa shape index (κ3) is 3.72. The van der Waals surface area contributed by atoms with Gasteiger partial charge in [0.1, 0.15) is 18.9 Å². The van der Waals surface area contributed by atoms with Crippen LogP contribution >= 0.6 is 0 Å². The van der Waals surface area contributed by atoms with E-state index < -0.39 is 5.97 Å². The second-order valence-electron chi connectivity index (χ2n) is 4.45. The van der Waals surface area contributed by atoms with Crippen molar-refractivity contribution in [2.75, 3.05) is 13.2 Å². The van der Waals surface area contributed by atoms with E-state index in [0.29, 0.717) is 5.69 Å². The fourth-order valence-corrected chi connectivity index (χ4v) is 2.00. The van der Waals surface area contributed by atoms with Crippen molar-refractivity contribution in [3.8, 4) is 0 Å². The summed E-state index contributed by atoms with van der Waals surface area (Å²) in [5.41, 5.74) is 1.52. The fraction of sp³-hybridized carbons (Fsp3) is 0.250. The van der Waals surface area contributed by atoms with Gasteiger partial charge >= 0.3 is 5.97 Å². The number of esters is 1. The van der Waals surface area contributed by atoms with Crippen LogP contribution in [0, 0.1) is 0 Å². The first-order chi connectivity index (χ1) is 10.2. The van der Waals surface area contributed by atoms with E-state index in [9.17, 15) is 4.79 Å². The molecule has 0 spiro atoms. The first-order valence-electron chi connectivity index (χ1n) is 6.70. The molecule has 0 fully saturated rings. The molecule has 0 bridgehead atoms. The summed E-state index contributed by atoms with van der Waals surface area (Å²) in [4.78, 5) is 16.1. The number of hydrogen-bond acceptors (Lipinski definition) is 4. The number of carbonyl (C=O) groups excluding carboxylic acids is 1. The largest absolute Gasteiger partial charge is 0.498 e. The van der Waals surface area contributed by atoms with Gasteiger partial charge in [0.25, 0.3) is 0 Å². The van der Waals surface area contributed by atoms with Crippen LogP contribution in [-0.4, -0.2) is 28.7 Å². The third-order valence-corrected chi connectivity index (χ3v) is 3.13. The van der Waals surface area contributed by atoms with Crippen LogP contribution < -0.4 is 0 Å². The maximum Gasteiger partial charge on any atom is 0.356 e. The Morgan fingerprint density at radius 2 is 2.14 bits per heavy atom. The topological polar surface area (TPSA) is 53.4 Å². The quantitative estimate of drug-likeness (QED) is 0.446. The average Bonchev–Trinajstić information content (AvgIpc) is 3.01. The van der Waals surface area contributed by atoms with Gasteiger partial charge in [0, 0.05) is 0 Å². The van der Waals surface area contributed by atoms with Gasteiger partial charge in [-0.15, -0.1) is 0 Å². The van der Waals surface area contributed by atoms with Gasteiger partial charge < -0.3 is 14.0 Å². The van der Waals surface area contributed by atoms with Gasteiger partial charge in [-0.1, -0.05) is 36.9 Å². The van der Waals surface area contributed by atoms with Gasteiger partial charge in [-0.3, -0.25) is 0 Å². The molecule has 0 amide bonds. The van der Waals surface area contributed by atoms with Crippen LogP contribution in [0.4, 0.5) is 0 Å². The smallest absolute Gasteiger partial charge is 0.356 e. The van der Waals surface area contributed by atoms with E-state index in [0.717, 1.165) is 5.56 Å². The molecule has 0 N–H and O–H groups in total. The second-order valence-corrected chi connectivity index (χ2v) is 4.45. The van der Waals surface area contributed by atoms with Crippen molar-refractivity contribution >= 4 is 5.97 Å². The lowest BCUT2D eigenvalue weighted by molar-refractivity contribution is 0.0408. The van der Waals surface area contributed by atoms with Crippen LogP contribution in [0.15, 0.2) is 55.7 Å². The van der Waals surface area contributed by atoms with Crippen molar-refractivity contribution in [1.29, 1.82) is 0 Å². The molecule has 0 saturated carbocycles. The Hall–Kier alpha value is -2.56. The lowest BCUT2D eigenvalue weighted by Crippen LogP contribution is -2.17. The minimum Gasteiger partial charge on any atom is -0.498 e. The van der Waals surface area contributed by atoms with Gasteiger partial charge in [-0.25, -0.2) is 9.78 Å². The highest BCUT2D eigenvalue weighted by molar-refractivity contribution is 5.87. The van der Waals surface area contributed by atoms with Crippen LogP contribution in [0.1, 0.15) is 29.0 Å². The van der Waals surface area contributed by atoms with Crippen LogP contribution in [0.3, 0.4) is 0 Å². The van der Waals surface area contributed by atoms with Crippen LogP contribution in [-0.2, 0) is 9.47 Å². The van der Waals surface area contributed by atoms with E-state index in [1.54, 1.807) is 10.9 Å². The van der Waals surface area contributed by atoms with Crippen molar-refractivity contribution in [1.82, 2.24) is 9.55 Å². The Morgan fingerprint density at radius 1 is 1.38 bits per heavy atom. The molecule has 5 nitrogen and oxygen atoms in total. The highest BCUT2D eigenvalue weighted by Crippen LogP contribution is 2.19. The summed E-state index contributed by atoms with van der Waals surface area (Å²) in [6, 6.07) is 9.91. The minimum absolute atomic E-state index is 0.000625. The van der Waals surface area contributed by atoms with Crippen molar-refractivity contribution < 1.29 is 14.3 Å². The molecule has 1 unspecified atom stereocenters. The number of carbonyl (C=O) groups is 1. The molecule has 5 heteroatoms. The van der Waals surface area contributed by atoms with Crippen molar-refractivity contribution in [3.63, 3.8) is 0 Å². The molecule has 1 heterocycles. The third-order valence-electron chi connectivity index (χ3n) is 3.13. The van der Waals surface area contributed by atoms with E-state index >= 15 is 0 Å². The van der Waals surface area contributed by atoms with E-state index in [1.807, 2.05) is 37.3 Å². The lowest BCUT2D eigenvalue weighted by atomic mass is 10.1. The normalized spacial score (nSPS) is 11.7. The highest BCUT2D eigenvalue weighted by Gasteiger charge is 2.18. The van der Waals surface area contributed by atoms with Crippen molar-refractivity contribution in [2.24, 2.45) is 0 Å². The SMILES string of the molecule is C=COCCOC(=O)c1cncn1C(C)c1ccccc1. The van der Waals surface area contributed by atoms with Gasteiger partial charge in [0.2, 0.25) is 0 Å². The minimum atomic E-state index is -0.414. The van der Waals surface area contributed by atoms with E-state index in [4.69, 9.17) is 9.47 Å². The molecule has 1 aromatic heterocycles. The predicted molar refractivity (Wildman–Crippen MR) is 78.9 cm³/mol. The number of ether oxygens (including phenoxy) is 2. The maximum absolute atomic E-state index is 12.1. The number of imidazole rings is 1. The summed E-state index contributed by atoms with van der Waals surface area (Å²) in [6.45, 7) is 5.90. The van der Waals surface area contributed by atoms with Crippen LogP contribution in [0.2, 0.25) is 0 Å². The molecule has 0 aliphatic heterocycles. The molecule has 2 aromatic rings. The first-order valence-corrected chi connectivity index (χ1v) is 6.70. The monoisotopic (exact) mass is 286 g/mol. The maximum atomic E-state index is 12.1. The van der Waals surface area contributed by atoms with E-state index in [2.05, 4.69) is 11.6 Å². The van der Waals surface area contributed by atoms with Gasteiger partial charge in [0.05, 0.1) is 24.8 Å². The average molecular weight is 286 g/mol. The summed E-state index contributed by atoms with van der Waals surface area (Å²) < 4.78 is 11.9. The Kier molecular flexibility index (Phi) is 5.15. The highest BCUT2D eigenvalue weighted by atomic mass is 16.6. The van der Waals surface area contributed by atoms with Crippen LogP contribution in [0.5, 0.6) is 0 Å². The van der Waals surface area contributed by atoms with Gasteiger partial charge in [-0.2, -0.15) is 0 Å². The summed E-state index contributed by atoms with van der Waals surface area (Å²) >= 11 is 0. The van der Waals surface area contributed by atoms with Gasteiger partial charge in [-0.05, 0) is 12.5 Å². The number of nitrogens with zero attached hydrogens (tertiary/aromatic N) is 2. The Bertz CT molecular complexity index is 593. The van der Waals surface area contributed by atoms with Crippen molar-refractivity contribution in [2.45, 2.75) is 13.0 Å². The zero-order chi connectivity index (χ0) is 15.1. The number of aromatic nitrogens is 2. The number of benzene rings is 1. The Labute approximate surface area is 123 Å². The molecular weight excluding hydrogens is 268 g/mol. The Morgan fingerprint density at radius 3 is 2.86 bits per heavy atom. The summed E-state index contributed by atoms with van der Waals surface area (Å²) in [6.07, 6.45) is 4.46. The molecule has 0 aliphatic rings. The fourth-order valence-electron chi connectivity index (χ4n) is 2.00. The van der Waals surface area contributed by atoms with E-state index in [1.165, 1.54) is 12.5 Å². The molecular formula is C16H18N2O3. The summed E-state index contributed by atoms with van der Waals surface area (Å²) in [5, 5.41) is 0. The van der Waals surface area contributed by atoms with Gasteiger partial charge in [0.15, 0.2) is 0 Å². The summed E-state index contributed by atoms with van der Waals surface area (Å²) in [5.74, 6) is -0.414. The molecule has 1 atom stereocenters. The molecule has 21 heavy (non-hydrogen) atoms. The number of rotatable bonds is 7. The lowest BCUT2D eigenvalue weighted by Gasteiger charge is -2.16. The Balaban J connectivity index is 2.07. The second kappa shape index (κ2) is 7.28. The zero-order valence-corrected chi connectivity index (χ0v) is 11.9. The molecule has 1 aromatic carbocycles. The van der Waals surface area contributed by atoms with Crippen molar-refractivity contribution in [3.05, 3.63) is 67.0 Å². The van der Waals surface area contributed by atoms with Crippen LogP contribution in [0.25, 0.3) is 0 Å². The summed E-state index contributed by atoms with van der Waals surface area (Å²) in [7, 11) is 0. The standard InChI is InChI=1S/C16H18N2O3/c1-3-20-9-10-21-16(19)15-11-17-12-18(15)13(2)14-7-5-4-6-8-14/h3-8,11-13H,1,9-10H2,2H3. The molecule has 0 radical (unpaired) electrons. The molecule has 110 valence electrons. The van der Waals surface area contributed by atoms with E-state index in [-0.39, 0.29) is 19.3 Å². The molecule has 0 aliphatic carbocycles.